The number of hydrogen-bond acceptors (Lipinski definition) is 4. The number of aromatic nitrogens is 1. The fourth-order valence-electron chi connectivity index (χ4n) is 2.63. The summed E-state index contributed by atoms with van der Waals surface area (Å²) in [6, 6.07) is 13.4. The third-order valence-electron chi connectivity index (χ3n) is 3.80. The molecule has 2 aromatic carbocycles. The van der Waals surface area contributed by atoms with E-state index in [1.807, 2.05) is 24.3 Å². The topological polar surface area (TPSA) is 84.6 Å². The van der Waals surface area contributed by atoms with Crippen LogP contribution < -0.4 is 0 Å². The van der Waals surface area contributed by atoms with E-state index in [1.165, 1.54) is 21.1 Å². The van der Waals surface area contributed by atoms with Gasteiger partial charge in [0.05, 0.1) is 0 Å². The van der Waals surface area contributed by atoms with Crippen LogP contribution in [0.3, 0.4) is 0 Å². The Morgan fingerprint density at radius 1 is 1.11 bits per heavy atom. The summed E-state index contributed by atoms with van der Waals surface area (Å²) in [6.45, 7) is 0. The van der Waals surface area contributed by atoms with Gasteiger partial charge in [-0.2, -0.15) is 0 Å². The number of nitrogens with zero attached hydrogens (tertiary/aromatic N) is 2. The second-order valence-electron chi connectivity index (χ2n) is 7.19. The van der Waals surface area contributed by atoms with Crippen molar-refractivity contribution in [1.82, 2.24) is 4.98 Å². The van der Waals surface area contributed by atoms with Crippen LogP contribution in [0.25, 0.3) is 22.7 Å². The molecule has 0 unspecified atom stereocenters. The molecule has 0 saturated heterocycles. The van der Waals surface area contributed by atoms with Crippen LogP contribution in [-0.2, 0) is 0 Å². The van der Waals surface area contributed by atoms with E-state index in [0.29, 0.717) is 16.8 Å². The van der Waals surface area contributed by atoms with Crippen LogP contribution in [0.5, 0.6) is 5.88 Å². The first kappa shape index (κ1) is 20.6. The minimum atomic E-state index is -2.28. The number of halogens is 1. The van der Waals surface area contributed by atoms with Gasteiger partial charge < -0.3 is 0 Å². The van der Waals surface area contributed by atoms with E-state index in [2.05, 4.69) is 30.0 Å². The molecule has 3 aromatic rings. The average Bonchev–Trinajstić information content (AvgIpc) is 2.93. The van der Waals surface area contributed by atoms with Crippen LogP contribution in [-0.4, -0.2) is 32.3 Å². The molecule has 0 radical (unpaired) electrons. The quantitative estimate of drug-likeness (QED) is 0.165. The van der Waals surface area contributed by atoms with Gasteiger partial charge in [0, 0.05) is 0 Å². The summed E-state index contributed by atoms with van der Waals surface area (Å²) in [5, 5.41) is 27.7. The van der Waals surface area contributed by atoms with Crippen molar-refractivity contribution in [1.29, 1.82) is 5.41 Å². The summed E-state index contributed by atoms with van der Waals surface area (Å²) in [7, 11) is 1.50. The number of nitrogens with one attached hydrogen (secondary N) is 2. The monoisotopic (exact) mass is 504 g/mol. The van der Waals surface area contributed by atoms with Gasteiger partial charge in [-0.15, -0.1) is 0 Å². The van der Waals surface area contributed by atoms with Crippen molar-refractivity contribution >= 4 is 53.8 Å². The first-order valence-electron chi connectivity index (χ1n) is 8.69. The molecular weight excluding hydrogens is 482 g/mol. The molecule has 0 aliphatic heterocycles. The number of azo groups is 1. The van der Waals surface area contributed by atoms with Crippen molar-refractivity contribution < 1.29 is 9.50 Å². The number of hydrogen-bond donors (Lipinski definition) is 3. The third-order valence-corrected chi connectivity index (χ3v) is 11.6. The molecule has 0 atom stereocenters. The van der Waals surface area contributed by atoms with Gasteiger partial charge in [0.2, 0.25) is 0 Å². The maximum atomic E-state index is 13.4. The predicted molar refractivity (Wildman–Crippen MR) is 118 cm³/mol. The van der Waals surface area contributed by atoms with E-state index in [4.69, 9.17) is 5.41 Å². The molecule has 0 spiro atoms. The van der Waals surface area contributed by atoms with E-state index >= 15 is 0 Å². The van der Waals surface area contributed by atoms with Gasteiger partial charge in [-0.1, -0.05) is 0 Å². The van der Waals surface area contributed by atoms with Crippen LogP contribution in [0.4, 0.5) is 4.39 Å². The molecule has 1 aromatic heterocycles. The second kappa shape index (κ2) is 8.48. The van der Waals surface area contributed by atoms with Crippen LogP contribution in [0.1, 0.15) is 11.1 Å². The van der Waals surface area contributed by atoms with Crippen molar-refractivity contribution in [2.24, 2.45) is 10.2 Å². The van der Waals surface area contributed by atoms with Gasteiger partial charge in [-0.25, -0.2) is 0 Å². The number of aromatic amines is 1. The standard InChI is InChI=1S/C17H13FN4OS.3CH3.Sn/c18-11-7-5-10(6-8-11)15(21-22-17(19)24)9-13-12-3-1-2-4-14(12)20-16(13)23;;;;/h1-9,20,23H,(H2,19,24);3*1H3;/q;;;;+1/p-1/b15-9-,22-21?;;;;. The number of fused-ring (bicyclic) bond motifs is 1. The Kier molecular flexibility index (Phi) is 6.24. The summed E-state index contributed by atoms with van der Waals surface area (Å²) < 4.78 is 13.4. The van der Waals surface area contributed by atoms with E-state index in [1.54, 1.807) is 18.2 Å². The molecular formula is C20H21FN4OSSn. The van der Waals surface area contributed by atoms with Crippen LogP contribution >= 0.6 is 8.95 Å². The Balaban J connectivity index is 2.05. The van der Waals surface area contributed by atoms with E-state index < -0.39 is 17.0 Å². The van der Waals surface area contributed by atoms with Gasteiger partial charge in [0.15, 0.2) is 0 Å². The molecule has 0 aliphatic carbocycles. The molecule has 1 heterocycles. The third kappa shape index (κ3) is 5.23. The zero-order valence-electron chi connectivity index (χ0n) is 15.8. The molecule has 3 rings (SSSR count). The first-order chi connectivity index (χ1) is 13.2. The Morgan fingerprint density at radius 2 is 1.79 bits per heavy atom. The first-order valence-corrected chi connectivity index (χ1v) is 21.6. The van der Waals surface area contributed by atoms with Gasteiger partial charge in [0.25, 0.3) is 0 Å². The fraction of sp³-hybridized carbons (Fsp3) is 0.150. The average molecular weight is 503 g/mol. The Hall–Kier alpha value is -2.13. The molecule has 0 aliphatic rings. The Bertz CT molecular complexity index is 1070. The van der Waals surface area contributed by atoms with E-state index in [9.17, 15) is 9.50 Å². The molecule has 144 valence electrons. The number of amidine groups is 1. The molecule has 8 heteroatoms. The van der Waals surface area contributed by atoms with E-state index in [0.717, 1.165) is 10.9 Å². The Morgan fingerprint density at radius 3 is 2.46 bits per heavy atom. The SMILES string of the molecule is [CH3][Sn]([CH3])([CH3])[S]C(=N)N=N/C(=C\c1c(O)[nH]c2ccccc12)c1ccc(F)cc1. The van der Waals surface area contributed by atoms with Crippen molar-refractivity contribution in [3.05, 3.63) is 65.5 Å². The molecule has 0 amide bonds. The van der Waals surface area contributed by atoms with Gasteiger partial charge in [-0.3, -0.25) is 0 Å². The normalized spacial score (nSPS) is 12.8. The van der Waals surface area contributed by atoms with Crippen molar-refractivity contribution in [2.45, 2.75) is 14.8 Å². The minimum absolute atomic E-state index is 0.0198. The van der Waals surface area contributed by atoms with Gasteiger partial charge in [0.1, 0.15) is 0 Å². The summed E-state index contributed by atoms with van der Waals surface area (Å²) in [5.41, 5.74) is 2.45. The number of H-pyrrole nitrogens is 1. The zero-order valence-corrected chi connectivity index (χ0v) is 19.5. The van der Waals surface area contributed by atoms with Crippen molar-refractivity contribution in [3.63, 3.8) is 0 Å². The molecule has 28 heavy (non-hydrogen) atoms. The molecule has 0 fully saturated rings. The number of rotatable bonds is 4. The summed E-state index contributed by atoms with van der Waals surface area (Å²) in [6.07, 6.45) is 1.70. The predicted octanol–water partition coefficient (Wildman–Crippen LogP) is 6.47. The number of para-hydroxylation sites is 1. The molecule has 3 N–H and O–H groups in total. The zero-order chi connectivity index (χ0) is 20.3. The fourth-order valence-corrected chi connectivity index (χ4v) is 8.61. The number of aromatic hydroxyl groups is 1. The van der Waals surface area contributed by atoms with E-state index in [-0.39, 0.29) is 16.9 Å². The van der Waals surface area contributed by atoms with Crippen LogP contribution in [0, 0.1) is 11.2 Å². The number of benzene rings is 2. The van der Waals surface area contributed by atoms with Crippen molar-refractivity contribution in [2.75, 3.05) is 0 Å². The van der Waals surface area contributed by atoms with Crippen LogP contribution in [0.2, 0.25) is 14.8 Å². The maximum absolute atomic E-state index is 13.4. The molecule has 0 saturated carbocycles. The van der Waals surface area contributed by atoms with Gasteiger partial charge >= 0.3 is 170 Å². The van der Waals surface area contributed by atoms with Crippen molar-refractivity contribution in [3.8, 4) is 5.88 Å². The summed E-state index contributed by atoms with van der Waals surface area (Å²) in [4.78, 5) is 9.53. The summed E-state index contributed by atoms with van der Waals surface area (Å²) >= 11 is -2.28. The molecule has 0 bridgehead atoms. The second-order valence-corrected chi connectivity index (χ2v) is 29.8. The van der Waals surface area contributed by atoms with Crippen LogP contribution in [0.15, 0.2) is 58.8 Å². The molecule has 5 nitrogen and oxygen atoms in total. The van der Waals surface area contributed by atoms with Gasteiger partial charge in [-0.05, 0) is 0 Å². The Labute approximate surface area is 169 Å². The summed E-state index contributed by atoms with van der Waals surface area (Å²) in [5.74, 6) is -0.327.